The molecule has 0 atom stereocenters. The van der Waals surface area contributed by atoms with Crippen molar-refractivity contribution < 1.29 is 9.53 Å². The fourth-order valence-corrected chi connectivity index (χ4v) is 2.34. The number of carbonyl (C=O) groups excluding carboxylic acids is 1. The third kappa shape index (κ3) is 1.53. The molecule has 0 amide bonds. The van der Waals surface area contributed by atoms with E-state index in [1.165, 1.54) is 32.1 Å². The maximum atomic E-state index is 11.0. The predicted octanol–water partition coefficient (Wildman–Crippen LogP) is 2.07. The molecule has 1 spiro atoms. The molecule has 2 fully saturated rings. The maximum absolute atomic E-state index is 11.0. The highest BCUT2D eigenvalue weighted by atomic mass is 16.5. The van der Waals surface area contributed by atoms with Crippen LogP contribution >= 0.6 is 0 Å². The Morgan fingerprint density at radius 1 is 1.08 bits per heavy atom. The van der Waals surface area contributed by atoms with E-state index in [0.29, 0.717) is 6.61 Å². The summed E-state index contributed by atoms with van der Waals surface area (Å²) in [6.07, 6.45) is 8.01. The van der Waals surface area contributed by atoms with Gasteiger partial charge in [0.1, 0.15) is 6.61 Å². The first kappa shape index (κ1) is 8.24. The van der Waals surface area contributed by atoms with E-state index in [1.807, 2.05) is 0 Å². The molecule has 2 heteroatoms. The lowest BCUT2D eigenvalue weighted by Crippen LogP contribution is -2.41. The average molecular weight is 168 g/mol. The summed E-state index contributed by atoms with van der Waals surface area (Å²) in [5.74, 6) is 0.284. The summed E-state index contributed by atoms with van der Waals surface area (Å²) < 4.78 is 5.67. The van der Waals surface area contributed by atoms with Crippen LogP contribution in [0.15, 0.2) is 0 Å². The number of hydrogen-bond acceptors (Lipinski definition) is 2. The Morgan fingerprint density at radius 2 is 1.83 bits per heavy atom. The van der Waals surface area contributed by atoms with Crippen LogP contribution in [0.3, 0.4) is 0 Å². The zero-order chi connectivity index (χ0) is 8.44. The number of hydrogen-bond donors (Lipinski definition) is 0. The molecule has 12 heavy (non-hydrogen) atoms. The first-order chi connectivity index (χ1) is 5.81. The summed E-state index contributed by atoms with van der Waals surface area (Å²) in [5.41, 5.74) is 0.117. The van der Waals surface area contributed by atoms with Gasteiger partial charge < -0.3 is 4.74 Å². The highest BCUT2D eigenvalue weighted by Crippen LogP contribution is 2.37. The average Bonchev–Trinajstić information content (AvgIpc) is 2.13. The van der Waals surface area contributed by atoms with Crippen LogP contribution < -0.4 is 0 Å². The first-order valence-corrected chi connectivity index (χ1v) is 4.96. The van der Waals surface area contributed by atoms with Crippen molar-refractivity contribution in [3.63, 3.8) is 0 Å². The molecule has 1 saturated heterocycles. The minimum atomic E-state index is 0.117. The monoisotopic (exact) mass is 168 g/mol. The van der Waals surface area contributed by atoms with Crippen LogP contribution in [-0.4, -0.2) is 18.0 Å². The third-order valence-corrected chi connectivity index (χ3v) is 3.16. The van der Waals surface area contributed by atoms with Crippen molar-refractivity contribution in [2.75, 3.05) is 6.61 Å². The molecular formula is C10H16O2. The highest BCUT2D eigenvalue weighted by molar-refractivity contribution is 5.80. The Kier molecular flexibility index (Phi) is 2.18. The number of rotatable bonds is 0. The van der Waals surface area contributed by atoms with Gasteiger partial charge in [0.05, 0.1) is 5.60 Å². The lowest BCUT2D eigenvalue weighted by molar-refractivity contribution is -0.147. The molecule has 2 aliphatic rings. The first-order valence-electron chi connectivity index (χ1n) is 4.96. The van der Waals surface area contributed by atoms with Crippen LogP contribution in [0.25, 0.3) is 0 Å². The second-order valence-corrected chi connectivity index (χ2v) is 4.07. The second kappa shape index (κ2) is 3.17. The molecule has 0 bridgehead atoms. The molecule has 68 valence electrons. The summed E-state index contributed by atoms with van der Waals surface area (Å²) in [5, 5.41) is 0. The smallest absolute Gasteiger partial charge is 0.158 e. The van der Waals surface area contributed by atoms with E-state index in [0.717, 1.165) is 12.8 Å². The molecule has 0 aromatic rings. The van der Waals surface area contributed by atoms with Gasteiger partial charge in [-0.2, -0.15) is 0 Å². The lowest BCUT2D eigenvalue weighted by Gasteiger charge is -2.39. The van der Waals surface area contributed by atoms with Gasteiger partial charge in [0.2, 0.25) is 0 Å². The molecule has 0 aromatic heterocycles. The Balaban J connectivity index is 1.96. The molecular weight excluding hydrogens is 152 g/mol. The number of ketones is 1. The van der Waals surface area contributed by atoms with E-state index in [2.05, 4.69) is 0 Å². The van der Waals surface area contributed by atoms with E-state index in [9.17, 15) is 4.79 Å². The quantitative estimate of drug-likeness (QED) is 0.553. The summed E-state index contributed by atoms with van der Waals surface area (Å²) in [7, 11) is 0. The molecule has 0 unspecified atom stereocenters. The van der Waals surface area contributed by atoms with Crippen LogP contribution in [0.4, 0.5) is 0 Å². The summed E-state index contributed by atoms with van der Waals surface area (Å²) >= 11 is 0. The van der Waals surface area contributed by atoms with E-state index in [1.54, 1.807) is 0 Å². The Hall–Kier alpha value is -0.370. The van der Waals surface area contributed by atoms with Crippen molar-refractivity contribution in [3.05, 3.63) is 0 Å². The minimum Gasteiger partial charge on any atom is -0.367 e. The molecule has 1 saturated carbocycles. The number of carbonyl (C=O) groups is 1. The topological polar surface area (TPSA) is 26.3 Å². The van der Waals surface area contributed by atoms with Gasteiger partial charge in [0, 0.05) is 6.42 Å². The van der Waals surface area contributed by atoms with Crippen molar-refractivity contribution in [1.29, 1.82) is 0 Å². The number of Topliss-reactive ketones (excluding diaryl/α,β-unsaturated/α-hetero) is 1. The largest absolute Gasteiger partial charge is 0.367 e. The normalized spacial score (nSPS) is 29.2. The van der Waals surface area contributed by atoms with Gasteiger partial charge >= 0.3 is 0 Å². The van der Waals surface area contributed by atoms with Gasteiger partial charge in [-0.15, -0.1) is 0 Å². The third-order valence-electron chi connectivity index (χ3n) is 3.16. The summed E-state index contributed by atoms with van der Waals surface area (Å²) in [6.45, 7) is 0.375. The minimum absolute atomic E-state index is 0.117. The van der Waals surface area contributed by atoms with Crippen LogP contribution in [0, 0.1) is 0 Å². The lowest BCUT2D eigenvalue weighted by atomic mass is 9.80. The van der Waals surface area contributed by atoms with Gasteiger partial charge in [-0.05, 0) is 19.3 Å². The SMILES string of the molecule is O=C1CCC2(CCCCC2)OC1. The fraction of sp³-hybridized carbons (Fsp3) is 0.900. The van der Waals surface area contributed by atoms with Crippen LogP contribution in [-0.2, 0) is 9.53 Å². The molecule has 0 N–H and O–H groups in total. The van der Waals surface area contributed by atoms with Gasteiger partial charge in [-0.3, -0.25) is 4.79 Å². The van der Waals surface area contributed by atoms with E-state index in [4.69, 9.17) is 4.74 Å². The molecule has 0 aromatic carbocycles. The van der Waals surface area contributed by atoms with Crippen molar-refractivity contribution in [2.45, 2.75) is 50.5 Å². The molecule has 1 aliphatic carbocycles. The maximum Gasteiger partial charge on any atom is 0.158 e. The van der Waals surface area contributed by atoms with Crippen LogP contribution in [0.1, 0.15) is 44.9 Å². The van der Waals surface area contributed by atoms with Gasteiger partial charge in [-0.1, -0.05) is 19.3 Å². The van der Waals surface area contributed by atoms with Crippen LogP contribution in [0.2, 0.25) is 0 Å². The fourth-order valence-electron chi connectivity index (χ4n) is 2.34. The molecule has 1 heterocycles. The molecule has 0 radical (unpaired) electrons. The molecule has 2 rings (SSSR count). The van der Waals surface area contributed by atoms with Crippen molar-refractivity contribution in [2.24, 2.45) is 0 Å². The number of ether oxygens (including phenoxy) is 1. The predicted molar refractivity (Wildman–Crippen MR) is 46.0 cm³/mol. The van der Waals surface area contributed by atoms with E-state index < -0.39 is 0 Å². The van der Waals surface area contributed by atoms with E-state index in [-0.39, 0.29) is 11.4 Å². The Labute approximate surface area is 73.3 Å². The Morgan fingerprint density at radius 3 is 2.42 bits per heavy atom. The summed E-state index contributed by atoms with van der Waals surface area (Å²) in [4.78, 5) is 11.0. The zero-order valence-corrected chi connectivity index (χ0v) is 7.47. The highest BCUT2D eigenvalue weighted by Gasteiger charge is 2.36. The van der Waals surface area contributed by atoms with Crippen molar-refractivity contribution in [1.82, 2.24) is 0 Å². The van der Waals surface area contributed by atoms with E-state index >= 15 is 0 Å². The molecule has 2 nitrogen and oxygen atoms in total. The summed E-state index contributed by atoms with van der Waals surface area (Å²) in [6, 6.07) is 0. The standard InChI is InChI=1S/C10H16O2/c11-9-4-7-10(12-8-9)5-2-1-3-6-10/h1-8H2. The van der Waals surface area contributed by atoms with Gasteiger partial charge in [0.25, 0.3) is 0 Å². The van der Waals surface area contributed by atoms with Crippen LogP contribution in [0.5, 0.6) is 0 Å². The van der Waals surface area contributed by atoms with Gasteiger partial charge in [0.15, 0.2) is 5.78 Å². The van der Waals surface area contributed by atoms with Crippen molar-refractivity contribution in [3.8, 4) is 0 Å². The van der Waals surface area contributed by atoms with Crippen molar-refractivity contribution >= 4 is 5.78 Å². The second-order valence-electron chi connectivity index (χ2n) is 4.07. The van der Waals surface area contributed by atoms with Gasteiger partial charge in [-0.25, -0.2) is 0 Å². The molecule has 1 aliphatic heterocycles. The zero-order valence-electron chi connectivity index (χ0n) is 7.47. The Bertz CT molecular complexity index is 168.